The largest absolute Gasteiger partial charge is 0.493 e. The average Bonchev–Trinajstić information content (AvgIpc) is 3.40. The summed E-state index contributed by atoms with van der Waals surface area (Å²) in [5, 5.41) is 18.1. The van der Waals surface area contributed by atoms with Crippen LogP contribution < -0.4 is 9.47 Å². The number of carbonyl (C=O) groups is 1. The molecular weight excluding hydrogens is 455 g/mol. The molecule has 11 heteroatoms. The van der Waals surface area contributed by atoms with Crippen LogP contribution in [0.15, 0.2) is 42.5 Å². The third-order valence-electron chi connectivity index (χ3n) is 5.65. The van der Waals surface area contributed by atoms with E-state index in [9.17, 15) is 9.18 Å². The van der Waals surface area contributed by atoms with Crippen molar-refractivity contribution in [3.8, 4) is 28.3 Å². The zero-order valence-electron chi connectivity index (χ0n) is 19.4. The third-order valence-corrected chi connectivity index (χ3v) is 5.65. The topological polar surface area (TPSA) is 106 Å². The van der Waals surface area contributed by atoms with Gasteiger partial charge in [0.15, 0.2) is 28.3 Å². The second kappa shape index (κ2) is 8.67. The van der Waals surface area contributed by atoms with Crippen LogP contribution in [0, 0.1) is 12.7 Å². The Morgan fingerprint density at radius 2 is 1.80 bits per heavy atom. The summed E-state index contributed by atoms with van der Waals surface area (Å²) in [6.45, 7) is 1.85. The van der Waals surface area contributed by atoms with E-state index in [1.165, 1.54) is 23.9 Å². The zero-order valence-corrected chi connectivity index (χ0v) is 19.4. The lowest BCUT2D eigenvalue weighted by atomic mass is 10.1. The number of ether oxygens (including phenoxy) is 3. The van der Waals surface area contributed by atoms with Gasteiger partial charge >= 0.3 is 5.97 Å². The fourth-order valence-electron chi connectivity index (χ4n) is 4.04. The van der Waals surface area contributed by atoms with Gasteiger partial charge in [0, 0.05) is 0 Å². The average molecular weight is 476 g/mol. The Bertz CT molecular complexity index is 1590. The van der Waals surface area contributed by atoms with Crippen LogP contribution in [-0.2, 0) is 16.0 Å². The summed E-state index contributed by atoms with van der Waals surface area (Å²) >= 11 is 0. The highest BCUT2D eigenvalue weighted by molar-refractivity contribution is 5.87. The molecule has 0 saturated heterocycles. The molecule has 0 saturated carbocycles. The van der Waals surface area contributed by atoms with Gasteiger partial charge in [0.25, 0.3) is 0 Å². The minimum Gasteiger partial charge on any atom is -0.493 e. The Morgan fingerprint density at radius 1 is 1.00 bits per heavy atom. The smallest absolute Gasteiger partial charge is 0.311 e. The summed E-state index contributed by atoms with van der Waals surface area (Å²) in [5.74, 6) is 0.236. The maximum Gasteiger partial charge on any atom is 0.311 e. The highest BCUT2D eigenvalue weighted by Crippen LogP contribution is 2.36. The SMILES string of the molecule is COC(=O)Cc1nn(-c2cccc(F)c2)c2c1nnc1c(-c3ccc(OC)c(OC)c3)c(C)nn12. The quantitative estimate of drug-likeness (QED) is 0.344. The fraction of sp³-hybridized carbons (Fsp3) is 0.208. The van der Waals surface area contributed by atoms with Crippen LogP contribution in [-0.4, -0.2) is 56.9 Å². The van der Waals surface area contributed by atoms with Crippen LogP contribution in [0.25, 0.3) is 33.6 Å². The van der Waals surface area contributed by atoms with Crippen molar-refractivity contribution in [3.05, 3.63) is 59.7 Å². The highest BCUT2D eigenvalue weighted by Gasteiger charge is 2.24. The maximum atomic E-state index is 14.1. The Hall–Kier alpha value is -4.54. The number of aromatic nitrogens is 6. The van der Waals surface area contributed by atoms with E-state index in [-0.39, 0.29) is 6.42 Å². The van der Waals surface area contributed by atoms with Gasteiger partial charge < -0.3 is 14.2 Å². The molecule has 0 spiro atoms. The van der Waals surface area contributed by atoms with Crippen molar-refractivity contribution in [1.82, 2.24) is 29.6 Å². The standard InChI is InChI=1S/C24H21FN6O4/c1-13-21(14-8-9-18(33-2)19(10-14)34-3)23-27-26-22-17(12-20(32)35-4)29-30(24(22)31(23)28-13)16-7-5-6-15(25)11-16/h5-11H,12H2,1-4H3. The predicted octanol–water partition coefficient (Wildman–Crippen LogP) is 3.31. The van der Waals surface area contributed by atoms with E-state index in [2.05, 4.69) is 15.3 Å². The van der Waals surface area contributed by atoms with Gasteiger partial charge in [-0.2, -0.15) is 14.7 Å². The van der Waals surface area contributed by atoms with Gasteiger partial charge in [-0.15, -0.1) is 10.2 Å². The molecule has 3 aromatic heterocycles. The molecule has 0 amide bonds. The van der Waals surface area contributed by atoms with E-state index < -0.39 is 11.8 Å². The van der Waals surface area contributed by atoms with Crippen LogP contribution >= 0.6 is 0 Å². The molecule has 5 rings (SSSR count). The van der Waals surface area contributed by atoms with E-state index >= 15 is 0 Å². The van der Waals surface area contributed by atoms with Gasteiger partial charge in [-0.25, -0.2) is 9.07 Å². The predicted molar refractivity (Wildman–Crippen MR) is 124 cm³/mol. The van der Waals surface area contributed by atoms with Crippen LogP contribution in [0.1, 0.15) is 11.4 Å². The Labute approximate surface area is 198 Å². The van der Waals surface area contributed by atoms with Gasteiger partial charge in [-0.05, 0) is 42.8 Å². The van der Waals surface area contributed by atoms with Gasteiger partial charge in [-0.1, -0.05) is 12.1 Å². The normalized spacial score (nSPS) is 11.2. The van der Waals surface area contributed by atoms with Crippen molar-refractivity contribution in [2.24, 2.45) is 0 Å². The van der Waals surface area contributed by atoms with E-state index in [1.54, 1.807) is 36.9 Å². The second-order valence-electron chi connectivity index (χ2n) is 7.73. The molecule has 0 aliphatic rings. The molecule has 0 atom stereocenters. The number of esters is 1. The number of hydrogen-bond donors (Lipinski definition) is 0. The summed E-state index contributed by atoms with van der Waals surface area (Å²) in [4.78, 5) is 12.0. The molecule has 10 nitrogen and oxygen atoms in total. The minimum absolute atomic E-state index is 0.127. The molecule has 0 radical (unpaired) electrons. The van der Waals surface area contributed by atoms with Gasteiger partial charge in [0.05, 0.1) is 44.7 Å². The lowest BCUT2D eigenvalue weighted by Crippen LogP contribution is -2.06. The number of rotatable bonds is 6. The number of hydrogen-bond acceptors (Lipinski definition) is 8. The lowest BCUT2D eigenvalue weighted by molar-refractivity contribution is -0.139. The van der Waals surface area contributed by atoms with Crippen molar-refractivity contribution in [2.75, 3.05) is 21.3 Å². The number of carbonyl (C=O) groups excluding carboxylic acids is 1. The molecule has 3 heterocycles. The number of aryl methyl sites for hydroxylation is 1. The lowest BCUT2D eigenvalue weighted by Gasteiger charge is -2.09. The van der Waals surface area contributed by atoms with Crippen molar-refractivity contribution in [2.45, 2.75) is 13.3 Å². The van der Waals surface area contributed by atoms with Crippen molar-refractivity contribution in [3.63, 3.8) is 0 Å². The van der Waals surface area contributed by atoms with Crippen LogP contribution in [0.4, 0.5) is 4.39 Å². The molecule has 0 bridgehead atoms. The first-order valence-electron chi connectivity index (χ1n) is 10.6. The van der Waals surface area contributed by atoms with E-state index in [1.807, 2.05) is 19.1 Å². The van der Waals surface area contributed by atoms with E-state index in [4.69, 9.17) is 19.3 Å². The minimum atomic E-state index is -0.486. The first kappa shape index (κ1) is 22.3. The molecule has 2 aromatic carbocycles. The van der Waals surface area contributed by atoms with Crippen molar-refractivity contribution < 1.29 is 23.4 Å². The third kappa shape index (κ3) is 3.70. The molecule has 0 fully saturated rings. The first-order chi connectivity index (χ1) is 16.9. The van der Waals surface area contributed by atoms with Crippen LogP contribution in [0.3, 0.4) is 0 Å². The van der Waals surface area contributed by atoms with E-state index in [0.29, 0.717) is 45.4 Å². The summed E-state index contributed by atoms with van der Waals surface area (Å²) < 4.78 is 32.8. The van der Waals surface area contributed by atoms with Gasteiger partial charge in [0.2, 0.25) is 0 Å². The molecule has 0 aliphatic heterocycles. The second-order valence-corrected chi connectivity index (χ2v) is 7.73. The monoisotopic (exact) mass is 476 g/mol. The van der Waals surface area contributed by atoms with Crippen LogP contribution in [0.5, 0.6) is 11.5 Å². The fourth-order valence-corrected chi connectivity index (χ4v) is 4.04. The molecule has 0 aliphatic carbocycles. The van der Waals surface area contributed by atoms with Crippen molar-refractivity contribution >= 4 is 22.8 Å². The number of benzene rings is 2. The summed E-state index contributed by atoms with van der Waals surface area (Å²) in [6.07, 6.45) is -0.127. The highest BCUT2D eigenvalue weighted by atomic mass is 19.1. The Balaban J connectivity index is 1.80. The van der Waals surface area contributed by atoms with E-state index in [0.717, 1.165) is 11.1 Å². The maximum absolute atomic E-state index is 14.1. The number of halogens is 1. The van der Waals surface area contributed by atoms with Crippen LogP contribution in [0.2, 0.25) is 0 Å². The summed E-state index contributed by atoms with van der Waals surface area (Å²) in [5.41, 5.74) is 4.26. The summed E-state index contributed by atoms with van der Waals surface area (Å²) in [6, 6.07) is 11.5. The molecule has 35 heavy (non-hydrogen) atoms. The molecule has 0 N–H and O–H groups in total. The molecule has 178 valence electrons. The molecular formula is C24H21FN6O4. The number of fused-ring (bicyclic) bond motifs is 3. The summed E-state index contributed by atoms with van der Waals surface area (Å²) in [7, 11) is 4.43. The number of nitrogens with zero attached hydrogens (tertiary/aromatic N) is 6. The molecule has 0 unspecified atom stereocenters. The van der Waals surface area contributed by atoms with Gasteiger partial charge in [-0.3, -0.25) is 4.79 Å². The Morgan fingerprint density at radius 3 is 2.51 bits per heavy atom. The molecule has 5 aromatic rings. The van der Waals surface area contributed by atoms with Crippen molar-refractivity contribution in [1.29, 1.82) is 0 Å². The van der Waals surface area contributed by atoms with Gasteiger partial charge in [0.1, 0.15) is 11.5 Å². The first-order valence-corrected chi connectivity index (χ1v) is 10.6. The zero-order chi connectivity index (χ0) is 24.7. The number of methoxy groups -OCH3 is 3. The Kier molecular flexibility index (Phi) is 5.51.